The monoisotopic (exact) mass is 328 g/mol. The molecule has 0 saturated carbocycles. The molecule has 0 saturated heterocycles. The van der Waals surface area contributed by atoms with Crippen molar-refractivity contribution in [2.45, 2.75) is 30.6 Å². The molecule has 2 aromatic rings. The van der Waals surface area contributed by atoms with Gasteiger partial charge < -0.3 is 5.73 Å². The summed E-state index contributed by atoms with van der Waals surface area (Å²) in [6.45, 7) is 3.73. The van der Waals surface area contributed by atoms with Crippen LogP contribution in [0.3, 0.4) is 0 Å². The molecule has 21 heavy (non-hydrogen) atoms. The highest BCUT2D eigenvalue weighted by atomic mass is 32.2. The Morgan fingerprint density at radius 3 is 2.62 bits per heavy atom. The molecule has 0 aliphatic carbocycles. The van der Waals surface area contributed by atoms with Crippen molar-refractivity contribution in [3.8, 4) is 0 Å². The van der Waals surface area contributed by atoms with E-state index in [-0.39, 0.29) is 4.21 Å². The second kappa shape index (κ2) is 6.23. The molecule has 1 atom stereocenters. The summed E-state index contributed by atoms with van der Waals surface area (Å²) in [5.74, 6) is -0.433. The zero-order valence-electron chi connectivity index (χ0n) is 11.8. The van der Waals surface area contributed by atoms with Crippen LogP contribution >= 0.6 is 11.3 Å². The molecule has 1 unspecified atom stereocenters. The summed E-state index contributed by atoms with van der Waals surface area (Å²) in [5.41, 5.74) is 6.73. The first kappa shape index (κ1) is 16.1. The second-order valence-electron chi connectivity index (χ2n) is 4.74. The molecule has 2 rings (SSSR count). The first-order valence-electron chi connectivity index (χ1n) is 6.41. The van der Waals surface area contributed by atoms with Crippen LogP contribution in [0.1, 0.15) is 29.0 Å². The van der Waals surface area contributed by atoms with Gasteiger partial charge in [0, 0.05) is 23.0 Å². The molecule has 1 aromatic heterocycles. The van der Waals surface area contributed by atoms with E-state index in [0.717, 1.165) is 21.8 Å². The van der Waals surface area contributed by atoms with Gasteiger partial charge in [0.1, 0.15) is 10.0 Å². The van der Waals surface area contributed by atoms with Crippen molar-refractivity contribution in [3.05, 3.63) is 52.2 Å². The van der Waals surface area contributed by atoms with Crippen molar-refractivity contribution in [1.29, 1.82) is 0 Å². The molecule has 4 nitrogen and oxygen atoms in total. The third-order valence-electron chi connectivity index (χ3n) is 3.15. The summed E-state index contributed by atoms with van der Waals surface area (Å²) in [4.78, 5) is 0.828. The third kappa shape index (κ3) is 3.49. The molecule has 114 valence electrons. The Morgan fingerprint density at radius 2 is 2.05 bits per heavy atom. The van der Waals surface area contributed by atoms with E-state index in [1.807, 2.05) is 6.92 Å². The number of hydrogen-bond donors (Lipinski definition) is 2. The van der Waals surface area contributed by atoms with Gasteiger partial charge in [-0.2, -0.15) is 0 Å². The lowest BCUT2D eigenvalue weighted by molar-refractivity contribution is 0.551. The van der Waals surface area contributed by atoms with Crippen LogP contribution in [0.2, 0.25) is 0 Å². The smallest absolute Gasteiger partial charge is 0.250 e. The topological polar surface area (TPSA) is 72.2 Å². The van der Waals surface area contributed by atoms with Gasteiger partial charge in [-0.25, -0.2) is 17.5 Å². The largest absolute Gasteiger partial charge is 0.326 e. The fourth-order valence-electron chi connectivity index (χ4n) is 2.00. The average Bonchev–Trinajstić information content (AvgIpc) is 2.80. The van der Waals surface area contributed by atoms with Crippen molar-refractivity contribution in [2.75, 3.05) is 0 Å². The maximum Gasteiger partial charge on any atom is 0.250 e. The minimum atomic E-state index is -3.69. The number of sulfonamides is 1. The molecule has 3 N–H and O–H groups in total. The highest BCUT2D eigenvalue weighted by Gasteiger charge is 2.22. The van der Waals surface area contributed by atoms with E-state index < -0.39 is 21.9 Å². The molecule has 0 bridgehead atoms. The van der Waals surface area contributed by atoms with E-state index in [1.165, 1.54) is 6.07 Å². The van der Waals surface area contributed by atoms with Gasteiger partial charge in [0.2, 0.25) is 0 Å². The van der Waals surface area contributed by atoms with Crippen LogP contribution in [-0.2, 0) is 16.6 Å². The number of aryl methyl sites for hydroxylation is 1. The second-order valence-corrected chi connectivity index (χ2v) is 7.82. The number of rotatable bonds is 5. The Bertz CT molecular complexity index is 741. The molecule has 7 heteroatoms. The normalized spacial score (nSPS) is 13.3. The Morgan fingerprint density at radius 1 is 1.38 bits per heavy atom. The Hall–Kier alpha value is -1.28. The zero-order chi connectivity index (χ0) is 15.6. The van der Waals surface area contributed by atoms with E-state index in [2.05, 4.69) is 4.72 Å². The van der Waals surface area contributed by atoms with Gasteiger partial charge >= 0.3 is 0 Å². The van der Waals surface area contributed by atoms with Gasteiger partial charge in [-0.3, -0.25) is 0 Å². The summed E-state index contributed by atoms with van der Waals surface area (Å²) in [6, 6.07) is 7.04. The van der Waals surface area contributed by atoms with Crippen LogP contribution in [0.5, 0.6) is 0 Å². The summed E-state index contributed by atoms with van der Waals surface area (Å²) < 4.78 is 41.1. The Labute approximate surface area is 127 Å². The number of thiophene rings is 1. The number of nitrogens with two attached hydrogens (primary N) is 1. The minimum Gasteiger partial charge on any atom is -0.326 e. The minimum absolute atomic E-state index is 0.198. The number of halogens is 1. The van der Waals surface area contributed by atoms with Gasteiger partial charge in [-0.15, -0.1) is 11.3 Å². The molecule has 0 amide bonds. The number of hydrogen-bond acceptors (Lipinski definition) is 4. The lowest BCUT2D eigenvalue weighted by Gasteiger charge is -2.14. The predicted octanol–water partition coefficient (Wildman–Crippen LogP) is 2.69. The lowest BCUT2D eigenvalue weighted by Crippen LogP contribution is -2.26. The maximum atomic E-state index is 13.7. The number of benzene rings is 1. The van der Waals surface area contributed by atoms with Crippen molar-refractivity contribution >= 4 is 21.4 Å². The summed E-state index contributed by atoms with van der Waals surface area (Å²) in [6.07, 6.45) is 0. The first-order valence-corrected chi connectivity index (χ1v) is 8.71. The Kier molecular flexibility index (Phi) is 4.77. The lowest BCUT2D eigenvalue weighted by atomic mass is 10.1. The first-order chi connectivity index (χ1) is 9.85. The Balaban J connectivity index is 2.27. The molecule has 1 heterocycles. The summed E-state index contributed by atoms with van der Waals surface area (Å²) in [7, 11) is -3.69. The molecule has 0 aliphatic heterocycles. The van der Waals surface area contributed by atoms with Gasteiger partial charge in [0.05, 0.1) is 0 Å². The van der Waals surface area contributed by atoms with Crippen molar-refractivity contribution in [3.63, 3.8) is 0 Å². The maximum absolute atomic E-state index is 13.7. The molecule has 1 aromatic carbocycles. The van der Waals surface area contributed by atoms with E-state index in [4.69, 9.17) is 5.73 Å². The van der Waals surface area contributed by atoms with Crippen LogP contribution in [-0.4, -0.2) is 8.42 Å². The van der Waals surface area contributed by atoms with Gasteiger partial charge in [-0.1, -0.05) is 18.2 Å². The zero-order valence-corrected chi connectivity index (χ0v) is 13.4. The van der Waals surface area contributed by atoms with Crippen LogP contribution in [0.25, 0.3) is 0 Å². The van der Waals surface area contributed by atoms with E-state index in [1.54, 1.807) is 31.2 Å². The fraction of sp³-hybridized carbons (Fsp3) is 0.286. The van der Waals surface area contributed by atoms with Crippen molar-refractivity contribution in [1.82, 2.24) is 4.72 Å². The van der Waals surface area contributed by atoms with E-state index >= 15 is 0 Å². The molecular weight excluding hydrogens is 311 g/mol. The van der Waals surface area contributed by atoms with Gasteiger partial charge in [0.15, 0.2) is 0 Å². The summed E-state index contributed by atoms with van der Waals surface area (Å²) in [5, 5.41) is 0. The quantitative estimate of drug-likeness (QED) is 0.886. The SMILES string of the molecule is Cc1cc(S(=O)(=O)NC(C)c2ccccc2F)sc1CN. The van der Waals surface area contributed by atoms with E-state index in [0.29, 0.717) is 12.1 Å². The fourth-order valence-corrected chi connectivity index (χ4v) is 4.71. The molecule has 0 radical (unpaired) electrons. The van der Waals surface area contributed by atoms with Crippen molar-refractivity contribution < 1.29 is 12.8 Å². The highest BCUT2D eigenvalue weighted by Crippen LogP contribution is 2.27. The van der Waals surface area contributed by atoms with Gasteiger partial charge in [0.25, 0.3) is 10.0 Å². The van der Waals surface area contributed by atoms with Crippen LogP contribution < -0.4 is 10.5 Å². The van der Waals surface area contributed by atoms with Crippen LogP contribution in [0.15, 0.2) is 34.5 Å². The van der Waals surface area contributed by atoms with Crippen LogP contribution in [0, 0.1) is 12.7 Å². The van der Waals surface area contributed by atoms with Crippen LogP contribution in [0.4, 0.5) is 4.39 Å². The third-order valence-corrected chi connectivity index (χ3v) is 6.43. The van der Waals surface area contributed by atoms with E-state index in [9.17, 15) is 12.8 Å². The number of nitrogens with one attached hydrogen (secondary N) is 1. The molecule has 0 fully saturated rings. The predicted molar refractivity (Wildman–Crippen MR) is 82.1 cm³/mol. The highest BCUT2D eigenvalue weighted by molar-refractivity contribution is 7.91. The molecule has 0 spiro atoms. The summed E-state index contributed by atoms with van der Waals surface area (Å²) >= 11 is 1.14. The van der Waals surface area contributed by atoms with Gasteiger partial charge in [-0.05, 0) is 31.5 Å². The average molecular weight is 328 g/mol. The standard InChI is InChI=1S/C14H17FN2O2S2/c1-9-7-14(20-13(9)8-16)21(18,19)17-10(2)11-5-3-4-6-12(11)15/h3-7,10,17H,8,16H2,1-2H3. The molecular formula is C14H17FN2O2S2. The molecule has 0 aliphatic rings. The van der Waals surface area contributed by atoms with Crippen molar-refractivity contribution in [2.24, 2.45) is 5.73 Å².